The molecule has 1 saturated heterocycles. The summed E-state index contributed by atoms with van der Waals surface area (Å²) in [7, 11) is 1.76. The van der Waals surface area contributed by atoms with Gasteiger partial charge in [0, 0.05) is 13.6 Å². The van der Waals surface area contributed by atoms with Crippen molar-refractivity contribution in [2.45, 2.75) is 19.4 Å². The molecule has 0 spiro atoms. The Morgan fingerprint density at radius 1 is 1.55 bits per heavy atom. The second-order valence-electron chi connectivity index (χ2n) is 4.63. The van der Waals surface area contributed by atoms with Gasteiger partial charge in [-0.1, -0.05) is 0 Å². The first-order chi connectivity index (χ1) is 9.63. The molecule has 0 bridgehead atoms. The molecule has 0 saturated carbocycles. The van der Waals surface area contributed by atoms with E-state index in [9.17, 15) is 9.59 Å². The molecule has 0 unspecified atom stereocenters. The molecule has 2 heterocycles. The van der Waals surface area contributed by atoms with Crippen molar-refractivity contribution in [2.24, 2.45) is 7.05 Å². The zero-order valence-corrected chi connectivity index (χ0v) is 11.7. The van der Waals surface area contributed by atoms with Crippen molar-refractivity contribution in [3.8, 4) is 0 Å². The van der Waals surface area contributed by atoms with Crippen LogP contribution in [0.25, 0.3) is 0 Å². The molecule has 1 aliphatic rings. The number of carbonyl (C=O) groups excluding carboxylic acids is 2. The predicted octanol–water partition coefficient (Wildman–Crippen LogP) is 0.214. The molecule has 1 aromatic rings. The number of amides is 1. The normalized spacial score (nSPS) is 18.9. The minimum atomic E-state index is -0.314. The van der Waals surface area contributed by atoms with E-state index in [0.717, 1.165) is 0 Å². The zero-order valence-electron chi connectivity index (χ0n) is 11.7. The van der Waals surface area contributed by atoms with Crippen LogP contribution in [0.2, 0.25) is 0 Å². The third-order valence-corrected chi connectivity index (χ3v) is 3.23. The zero-order chi connectivity index (χ0) is 14.5. The summed E-state index contributed by atoms with van der Waals surface area (Å²) in [5.41, 5.74) is 0.501. The Labute approximate surface area is 117 Å². The number of aromatic nitrogens is 2. The number of nitrogens with zero attached hydrogens (tertiary/aromatic N) is 3. The van der Waals surface area contributed by atoms with Crippen molar-refractivity contribution in [2.75, 3.05) is 26.4 Å². The van der Waals surface area contributed by atoms with Crippen LogP contribution in [0, 0.1) is 0 Å². The number of imidazole rings is 1. The second-order valence-corrected chi connectivity index (χ2v) is 4.63. The number of carbonyl (C=O) groups is 2. The lowest BCUT2D eigenvalue weighted by Gasteiger charge is -2.35. The molecule has 1 amide bonds. The summed E-state index contributed by atoms with van der Waals surface area (Å²) in [5, 5.41) is 0. The van der Waals surface area contributed by atoms with E-state index in [1.54, 1.807) is 29.8 Å². The summed E-state index contributed by atoms with van der Waals surface area (Å²) in [6.45, 7) is 3.38. The van der Waals surface area contributed by atoms with Gasteiger partial charge in [0.05, 0.1) is 44.8 Å². The quantitative estimate of drug-likeness (QED) is 0.738. The van der Waals surface area contributed by atoms with Crippen LogP contribution < -0.4 is 0 Å². The van der Waals surface area contributed by atoms with Gasteiger partial charge in [0.1, 0.15) is 5.69 Å². The lowest BCUT2D eigenvalue weighted by atomic mass is 10.1. The van der Waals surface area contributed by atoms with Crippen LogP contribution in [-0.4, -0.2) is 58.7 Å². The lowest BCUT2D eigenvalue weighted by Crippen LogP contribution is -2.50. The van der Waals surface area contributed by atoms with E-state index < -0.39 is 0 Å². The minimum Gasteiger partial charge on any atom is -0.466 e. The average Bonchev–Trinajstić information content (AvgIpc) is 2.85. The van der Waals surface area contributed by atoms with Crippen molar-refractivity contribution >= 4 is 11.9 Å². The third kappa shape index (κ3) is 3.16. The molecule has 0 radical (unpaired) electrons. The fourth-order valence-electron chi connectivity index (χ4n) is 2.21. The Kier molecular flexibility index (Phi) is 4.73. The molecule has 1 atom stereocenters. The SMILES string of the molecule is CCOC(=O)C[C@H]1COCCN1C(=O)c1cncn1C. The highest BCUT2D eigenvalue weighted by molar-refractivity contribution is 5.93. The van der Waals surface area contributed by atoms with E-state index in [1.165, 1.54) is 6.20 Å². The predicted molar refractivity (Wildman–Crippen MR) is 70.1 cm³/mol. The standard InChI is InChI=1S/C13H19N3O4/c1-3-20-12(17)6-10-8-19-5-4-16(10)13(18)11-7-14-9-15(11)2/h7,9-10H,3-6,8H2,1-2H3/t10-/m0/s1. The van der Waals surface area contributed by atoms with Gasteiger partial charge in [-0.05, 0) is 6.92 Å². The molecule has 7 heteroatoms. The van der Waals surface area contributed by atoms with E-state index in [4.69, 9.17) is 9.47 Å². The molecule has 20 heavy (non-hydrogen) atoms. The van der Waals surface area contributed by atoms with Crippen molar-refractivity contribution in [3.63, 3.8) is 0 Å². The van der Waals surface area contributed by atoms with E-state index in [-0.39, 0.29) is 24.3 Å². The number of hydrogen-bond acceptors (Lipinski definition) is 5. The fourth-order valence-corrected chi connectivity index (χ4v) is 2.21. The van der Waals surface area contributed by atoms with Gasteiger partial charge in [-0.3, -0.25) is 9.59 Å². The van der Waals surface area contributed by atoms with Gasteiger partial charge >= 0.3 is 5.97 Å². The van der Waals surface area contributed by atoms with Crippen LogP contribution in [0.5, 0.6) is 0 Å². The number of esters is 1. The van der Waals surface area contributed by atoms with Gasteiger partial charge < -0.3 is 18.9 Å². The summed E-state index contributed by atoms with van der Waals surface area (Å²) < 4.78 is 12.0. The first-order valence-corrected chi connectivity index (χ1v) is 6.64. The molecular weight excluding hydrogens is 262 g/mol. The molecule has 2 rings (SSSR count). The van der Waals surface area contributed by atoms with Crippen LogP contribution >= 0.6 is 0 Å². The minimum absolute atomic E-state index is 0.136. The van der Waals surface area contributed by atoms with Crippen LogP contribution in [-0.2, 0) is 21.3 Å². The second kappa shape index (κ2) is 6.51. The maximum absolute atomic E-state index is 12.5. The number of morpholine rings is 1. The Hall–Kier alpha value is -1.89. The van der Waals surface area contributed by atoms with Crippen molar-refractivity contribution in [1.29, 1.82) is 0 Å². The highest BCUT2D eigenvalue weighted by Gasteiger charge is 2.31. The monoisotopic (exact) mass is 281 g/mol. The highest BCUT2D eigenvalue weighted by Crippen LogP contribution is 2.15. The average molecular weight is 281 g/mol. The van der Waals surface area contributed by atoms with Gasteiger partial charge in [0.15, 0.2) is 0 Å². The first kappa shape index (κ1) is 14.5. The molecule has 0 aromatic carbocycles. The Morgan fingerprint density at radius 3 is 3.00 bits per heavy atom. The summed E-state index contributed by atoms with van der Waals surface area (Å²) in [6.07, 6.45) is 3.25. The van der Waals surface area contributed by atoms with Gasteiger partial charge in [0.2, 0.25) is 0 Å². The number of hydrogen-bond donors (Lipinski definition) is 0. The number of rotatable bonds is 4. The topological polar surface area (TPSA) is 73.7 Å². The summed E-state index contributed by atoms with van der Waals surface area (Å²) in [5.74, 6) is -0.451. The molecule has 0 N–H and O–H groups in total. The van der Waals surface area contributed by atoms with Crippen LogP contribution in [0.3, 0.4) is 0 Å². The van der Waals surface area contributed by atoms with Gasteiger partial charge in [-0.25, -0.2) is 4.98 Å². The summed E-state index contributed by atoms with van der Waals surface area (Å²) in [4.78, 5) is 29.7. The van der Waals surface area contributed by atoms with E-state index in [1.807, 2.05) is 0 Å². The molecule has 0 aliphatic carbocycles. The summed E-state index contributed by atoms with van der Waals surface area (Å²) in [6, 6.07) is -0.287. The van der Waals surface area contributed by atoms with Gasteiger partial charge in [-0.15, -0.1) is 0 Å². The highest BCUT2D eigenvalue weighted by atomic mass is 16.5. The van der Waals surface area contributed by atoms with Crippen molar-refractivity contribution in [1.82, 2.24) is 14.5 Å². The molecule has 1 aliphatic heterocycles. The Bertz CT molecular complexity index is 486. The fraction of sp³-hybridized carbons (Fsp3) is 0.615. The molecule has 110 valence electrons. The van der Waals surface area contributed by atoms with Gasteiger partial charge in [-0.2, -0.15) is 0 Å². The van der Waals surface area contributed by atoms with Crippen molar-refractivity contribution < 1.29 is 19.1 Å². The lowest BCUT2D eigenvalue weighted by molar-refractivity contribution is -0.145. The largest absolute Gasteiger partial charge is 0.466 e. The van der Waals surface area contributed by atoms with Crippen LogP contribution in [0.4, 0.5) is 0 Å². The Morgan fingerprint density at radius 2 is 2.35 bits per heavy atom. The number of ether oxygens (including phenoxy) is 2. The maximum Gasteiger partial charge on any atom is 0.307 e. The molecular formula is C13H19N3O4. The van der Waals surface area contributed by atoms with E-state index in [2.05, 4.69) is 4.98 Å². The van der Waals surface area contributed by atoms with E-state index in [0.29, 0.717) is 32.1 Å². The van der Waals surface area contributed by atoms with Crippen LogP contribution in [0.1, 0.15) is 23.8 Å². The smallest absolute Gasteiger partial charge is 0.307 e. The number of aryl methyl sites for hydroxylation is 1. The molecule has 1 fully saturated rings. The maximum atomic E-state index is 12.5. The van der Waals surface area contributed by atoms with Crippen molar-refractivity contribution in [3.05, 3.63) is 18.2 Å². The Balaban J connectivity index is 2.08. The van der Waals surface area contributed by atoms with E-state index >= 15 is 0 Å². The van der Waals surface area contributed by atoms with Crippen LogP contribution in [0.15, 0.2) is 12.5 Å². The molecule has 7 nitrogen and oxygen atoms in total. The molecule has 1 aromatic heterocycles. The third-order valence-electron chi connectivity index (χ3n) is 3.23. The first-order valence-electron chi connectivity index (χ1n) is 6.64. The summed E-state index contributed by atoms with van der Waals surface area (Å²) >= 11 is 0. The van der Waals surface area contributed by atoms with Gasteiger partial charge in [0.25, 0.3) is 5.91 Å².